The van der Waals surface area contributed by atoms with Crippen molar-refractivity contribution in [2.24, 2.45) is 11.8 Å². The molecule has 1 heterocycles. The van der Waals surface area contributed by atoms with Crippen LogP contribution in [0.1, 0.15) is 26.7 Å². The normalized spacial score (nSPS) is 20.2. The minimum atomic E-state index is -0.336. The van der Waals surface area contributed by atoms with Crippen LogP contribution in [0.15, 0.2) is 0 Å². The predicted octanol–water partition coefficient (Wildman–Crippen LogP) is 2.30. The number of hydrogen-bond acceptors (Lipinski definition) is 3. The van der Waals surface area contributed by atoms with Crippen molar-refractivity contribution in [2.75, 3.05) is 13.2 Å². The molecule has 1 rings (SSSR count). The molecule has 82 valence electrons. The first-order chi connectivity index (χ1) is 6.70. The fourth-order valence-corrected chi connectivity index (χ4v) is 2.22. The number of ether oxygens (including phenoxy) is 2. The summed E-state index contributed by atoms with van der Waals surface area (Å²) in [6.07, 6.45) is 1.62. The lowest BCUT2D eigenvalue weighted by Gasteiger charge is -2.27. The van der Waals surface area contributed by atoms with E-state index in [9.17, 15) is 5.11 Å². The Morgan fingerprint density at radius 3 is 2.21 bits per heavy atom. The van der Waals surface area contributed by atoms with Gasteiger partial charge in [0.25, 0.3) is 0 Å². The number of thiocarbonyl (C=S) groups is 1. The fourth-order valence-electron chi connectivity index (χ4n) is 1.92. The first-order valence-electron chi connectivity index (χ1n) is 5.16. The lowest BCUT2D eigenvalue weighted by atomic mass is 9.88. The highest BCUT2D eigenvalue weighted by Gasteiger charge is 2.35. The first-order valence-corrected chi connectivity index (χ1v) is 5.57. The molecule has 0 aliphatic carbocycles. The fraction of sp³-hybridized carbons (Fsp3) is 0.900. The molecule has 0 radical (unpaired) electrons. The second-order valence-corrected chi connectivity index (χ2v) is 3.97. The smallest absolute Gasteiger partial charge is 0.168 e. The van der Waals surface area contributed by atoms with Crippen LogP contribution in [0, 0.1) is 11.8 Å². The number of aliphatic hydroxyl groups is 1. The Morgan fingerprint density at radius 2 is 1.86 bits per heavy atom. The molecule has 1 aliphatic heterocycles. The second-order valence-electron chi connectivity index (χ2n) is 3.55. The van der Waals surface area contributed by atoms with Crippen LogP contribution >= 0.6 is 12.2 Å². The minimum Gasteiger partial charge on any atom is -0.502 e. The van der Waals surface area contributed by atoms with E-state index in [0.717, 1.165) is 12.8 Å². The zero-order valence-corrected chi connectivity index (χ0v) is 9.55. The van der Waals surface area contributed by atoms with Crippen molar-refractivity contribution in [3.63, 3.8) is 0 Å². The van der Waals surface area contributed by atoms with Crippen molar-refractivity contribution in [3.05, 3.63) is 0 Å². The summed E-state index contributed by atoms with van der Waals surface area (Å²) < 4.78 is 10.8. The number of aliphatic hydroxyl groups excluding tert-OH is 1. The minimum absolute atomic E-state index is 0.0191. The molecule has 0 spiro atoms. The monoisotopic (exact) mass is 218 g/mol. The van der Waals surface area contributed by atoms with Crippen molar-refractivity contribution in [1.29, 1.82) is 0 Å². The largest absolute Gasteiger partial charge is 0.502 e. The number of rotatable bonds is 5. The van der Waals surface area contributed by atoms with Gasteiger partial charge in [0.15, 0.2) is 11.3 Å². The van der Waals surface area contributed by atoms with Gasteiger partial charge in [0.2, 0.25) is 0 Å². The number of hydrogen-bond donors (Lipinski definition) is 1. The molecular formula is C10H18O3S. The van der Waals surface area contributed by atoms with Gasteiger partial charge in [0.1, 0.15) is 0 Å². The lowest BCUT2D eigenvalue weighted by Crippen LogP contribution is -2.34. The molecule has 0 aromatic carbocycles. The Balaban J connectivity index is 2.66. The maximum absolute atomic E-state index is 9.48. The van der Waals surface area contributed by atoms with E-state index in [1.807, 2.05) is 0 Å². The highest BCUT2D eigenvalue weighted by Crippen LogP contribution is 2.28. The molecule has 1 atom stereocenters. The van der Waals surface area contributed by atoms with E-state index in [2.05, 4.69) is 13.8 Å². The van der Waals surface area contributed by atoms with Gasteiger partial charge < -0.3 is 14.6 Å². The van der Waals surface area contributed by atoms with Crippen molar-refractivity contribution in [1.82, 2.24) is 0 Å². The molecule has 1 fully saturated rings. The van der Waals surface area contributed by atoms with Gasteiger partial charge in [0.05, 0.1) is 19.1 Å². The van der Waals surface area contributed by atoms with Crippen molar-refractivity contribution < 1.29 is 14.6 Å². The van der Waals surface area contributed by atoms with E-state index < -0.39 is 0 Å². The molecule has 0 aromatic heterocycles. The van der Waals surface area contributed by atoms with Crippen LogP contribution in [-0.4, -0.2) is 29.7 Å². The molecule has 3 nitrogen and oxygen atoms in total. The molecule has 0 saturated carbocycles. The van der Waals surface area contributed by atoms with Crippen LogP contribution in [0.2, 0.25) is 0 Å². The van der Waals surface area contributed by atoms with E-state index in [1.54, 1.807) is 0 Å². The van der Waals surface area contributed by atoms with Crippen LogP contribution in [0.25, 0.3) is 0 Å². The van der Waals surface area contributed by atoms with Gasteiger partial charge in [-0.05, 0) is 18.1 Å². The van der Waals surface area contributed by atoms with Crippen LogP contribution in [-0.2, 0) is 9.47 Å². The zero-order valence-electron chi connectivity index (χ0n) is 8.73. The summed E-state index contributed by atoms with van der Waals surface area (Å²) in [5.74, 6) is 0.193. The third kappa shape index (κ3) is 2.65. The average Bonchev–Trinajstić information content (AvgIpc) is 2.65. The Bertz CT molecular complexity index is 184. The van der Waals surface area contributed by atoms with Crippen LogP contribution in [0.5, 0.6) is 0 Å². The Labute approximate surface area is 90.4 Å². The molecule has 0 aromatic rings. The summed E-state index contributed by atoms with van der Waals surface area (Å²) in [6.45, 7) is 5.39. The highest BCUT2D eigenvalue weighted by atomic mass is 32.1. The van der Waals surface area contributed by atoms with Crippen LogP contribution < -0.4 is 0 Å². The second kappa shape index (κ2) is 5.63. The summed E-state index contributed by atoms with van der Waals surface area (Å²) in [5.41, 5.74) is 0. The van der Waals surface area contributed by atoms with Gasteiger partial charge in [-0.3, -0.25) is 0 Å². The Morgan fingerprint density at radius 1 is 1.36 bits per heavy atom. The quantitative estimate of drug-likeness (QED) is 0.719. The topological polar surface area (TPSA) is 38.7 Å². The maximum atomic E-state index is 9.48. The first kappa shape index (κ1) is 11.9. The SMILES string of the molecule is CCC(CC)C(C(O)=S)C1OCCO1. The third-order valence-corrected chi connectivity index (χ3v) is 3.05. The average molecular weight is 218 g/mol. The van der Waals surface area contributed by atoms with Gasteiger partial charge in [-0.1, -0.05) is 26.7 Å². The molecule has 1 aliphatic rings. The van der Waals surface area contributed by atoms with E-state index in [-0.39, 0.29) is 17.3 Å². The predicted molar refractivity (Wildman–Crippen MR) is 58.5 cm³/mol. The van der Waals surface area contributed by atoms with E-state index in [0.29, 0.717) is 19.1 Å². The van der Waals surface area contributed by atoms with Gasteiger partial charge in [0, 0.05) is 0 Å². The van der Waals surface area contributed by atoms with E-state index >= 15 is 0 Å². The third-order valence-electron chi connectivity index (χ3n) is 2.78. The van der Waals surface area contributed by atoms with Crippen molar-refractivity contribution in [3.8, 4) is 0 Å². The maximum Gasteiger partial charge on any atom is 0.168 e. The summed E-state index contributed by atoms with van der Waals surface area (Å²) in [4.78, 5) is 0. The van der Waals surface area contributed by atoms with Gasteiger partial charge >= 0.3 is 0 Å². The lowest BCUT2D eigenvalue weighted by molar-refractivity contribution is -0.0820. The molecular weight excluding hydrogens is 200 g/mol. The van der Waals surface area contributed by atoms with Gasteiger partial charge in [-0.25, -0.2) is 0 Å². The molecule has 1 saturated heterocycles. The Kier molecular flexibility index (Phi) is 4.78. The summed E-state index contributed by atoms with van der Waals surface area (Å²) in [5, 5.41) is 9.50. The standard InChI is InChI=1S/C10H18O3S/c1-3-7(4-2)8(9(11)14)10-12-5-6-13-10/h7-8,10H,3-6H2,1-2H3,(H,11,14). The summed E-state index contributed by atoms with van der Waals surface area (Å²) in [7, 11) is 0. The van der Waals surface area contributed by atoms with Crippen LogP contribution in [0.4, 0.5) is 0 Å². The molecule has 1 N–H and O–H groups in total. The van der Waals surface area contributed by atoms with Crippen LogP contribution in [0.3, 0.4) is 0 Å². The van der Waals surface area contributed by atoms with E-state index in [1.165, 1.54) is 0 Å². The van der Waals surface area contributed by atoms with Crippen molar-refractivity contribution in [2.45, 2.75) is 33.0 Å². The summed E-state index contributed by atoms with van der Waals surface area (Å²) in [6, 6.07) is 0. The van der Waals surface area contributed by atoms with E-state index in [4.69, 9.17) is 21.7 Å². The molecule has 4 heteroatoms. The summed E-state index contributed by atoms with van der Waals surface area (Å²) >= 11 is 4.86. The molecule has 1 unspecified atom stereocenters. The Hall–Kier alpha value is -0.190. The highest BCUT2D eigenvalue weighted by molar-refractivity contribution is 7.80. The van der Waals surface area contributed by atoms with Gasteiger partial charge in [-0.2, -0.15) is 0 Å². The van der Waals surface area contributed by atoms with Crippen molar-refractivity contribution >= 4 is 17.3 Å². The molecule has 0 bridgehead atoms. The zero-order chi connectivity index (χ0) is 10.6. The molecule has 0 amide bonds. The van der Waals surface area contributed by atoms with Gasteiger partial charge in [-0.15, -0.1) is 0 Å². The molecule has 14 heavy (non-hydrogen) atoms.